The minimum absolute atomic E-state index is 0.000394. The van der Waals surface area contributed by atoms with Crippen molar-refractivity contribution in [3.63, 3.8) is 0 Å². The highest BCUT2D eigenvalue weighted by atomic mass is 32.1. The van der Waals surface area contributed by atoms with Crippen molar-refractivity contribution in [2.45, 2.75) is 13.5 Å². The van der Waals surface area contributed by atoms with Crippen LogP contribution in [0.15, 0.2) is 108 Å². The van der Waals surface area contributed by atoms with E-state index in [1.165, 1.54) is 29.9 Å². The van der Waals surface area contributed by atoms with E-state index in [1.54, 1.807) is 25.3 Å². The first kappa shape index (κ1) is 28.9. The van der Waals surface area contributed by atoms with Crippen molar-refractivity contribution in [3.8, 4) is 5.75 Å². The number of ether oxygens (including phenoxy) is 2. The summed E-state index contributed by atoms with van der Waals surface area (Å²) in [5, 5.41) is 13.2. The number of carbonyl (C=O) groups is 1. The first-order valence-corrected chi connectivity index (χ1v) is 11.6. The summed E-state index contributed by atoms with van der Waals surface area (Å²) in [7, 11) is 1.61. The topological polar surface area (TPSA) is 107 Å². The molecule has 4 N–H and O–H groups in total. The number of rotatable bonds is 6. The molecule has 0 saturated carbocycles. The lowest BCUT2D eigenvalue weighted by atomic mass is 10.1. The van der Waals surface area contributed by atoms with Gasteiger partial charge in [0.05, 0.1) is 18.0 Å². The Kier molecular flexibility index (Phi) is 11.9. The molecular formula is C30H23N3O4S. The molecule has 3 rings (SSSR count). The molecule has 8 heteroatoms. The Bertz CT molecular complexity index is 1700. The van der Waals surface area contributed by atoms with Crippen molar-refractivity contribution in [1.82, 2.24) is 4.98 Å². The molecule has 0 aliphatic carbocycles. The summed E-state index contributed by atoms with van der Waals surface area (Å²) in [4.78, 5) is 18.1. The van der Waals surface area contributed by atoms with Gasteiger partial charge in [0, 0.05) is 18.2 Å². The van der Waals surface area contributed by atoms with Crippen LogP contribution < -0.4 is 11.1 Å². The molecule has 188 valence electrons. The zero-order chi connectivity index (χ0) is 27.8. The number of nitrogen functional groups attached to an aromatic ring is 1. The third-order valence-electron chi connectivity index (χ3n) is 4.33. The number of aromatic nitrogens is 1. The Morgan fingerprint density at radius 1 is 1.13 bits per heavy atom. The van der Waals surface area contributed by atoms with E-state index in [9.17, 15) is 9.90 Å². The van der Waals surface area contributed by atoms with E-state index >= 15 is 0 Å². The third-order valence-corrected chi connectivity index (χ3v) is 5.43. The molecule has 7 nitrogen and oxygen atoms in total. The molecule has 1 amide bonds. The normalized spacial score (nSPS) is 8.58. The van der Waals surface area contributed by atoms with E-state index in [0.29, 0.717) is 27.7 Å². The molecule has 0 aliphatic heterocycles. The molecule has 2 aromatic heterocycles. The van der Waals surface area contributed by atoms with Crippen molar-refractivity contribution < 1.29 is 19.4 Å². The minimum atomic E-state index is -0.377. The predicted octanol–water partition coefficient (Wildman–Crippen LogP) is 5.98. The number of nitrogens with zero attached hydrogens (tertiary/aromatic N) is 1. The zero-order valence-corrected chi connectivity index (χ0v) is 21.6. The van der Waals surface area contributed by atoms with Crippen molar-refractivity contribution in [3.05, 3.63) is 124 Å². The summed E-state index contributed by atoms with van der Waals surface area (Å²) in [6, 6.07) is 8.44. The number of hydrogen-bond acceptors (Lipinski definition) is 7. The molecule has 0 spiro atoms. The monoisotopic (exact) mass is 521 g/mol. The number of nitrogens with two attached hydrogens (primary N) is 1. The van der Waals surface area contributed by atoms with Crippen LogP contribution in [-0.4, -0.2) is 23.1 Å². The Morgan fingerprint density at radius 3 is 2.55 bits per heavy atom. The fraction of sp³-hybridized carbons (Fsp3) is 0.100. The summed E-state index contributed by atoms with van der Waals surface area (Å²) in [5.74, 6) is -0.377. The number of nitrogens with one attached hydrogen (secondary N) is 1. The number of phenolic OH excluding ortho intramolecular Hbond substituents is 1. The van der Waals surface area contributed by atoms with E-state index in [2.05, 4.69) is 75.0 Å². The van der Waals surface area contributed by atoms with Gasteiger partial charge in [-0.1, -0.05) is 23.6 Å². The lowest BCUT2D eigenvalue weighted by Gasteiger charge is -2.07. The average Bonchev–Trinajstić information content (AvgIpc) is 3.23. The van der Waals surface area contributed by atoms with E-state index in [0.717, 1.165) is 16.6 Å². The summed E-state index contributed by atoms with van der Waals surface area (Å²) in [6.07, 6.45) is 2.55. The van der Waals surface area contributed by atoms with Gasteiger partial charge in [-0.25, -0.2) is 4.98 Å². The van der Waals surface area contributed by atoms with Crippen LogP contribution in [0.1, 0.15) is 20.9 Å². The zero-order valence-electron chi connectivity index (χ0n) is 20.8. The lowest BCUT2D eigenvalue weighted by molar-refractivity contribution is 0.103. The summed E-state index contributed by atoms with van der Waals surface area (Å²) >= 11 is 1.23. The van der Waals surface area contributed by atoms with Gasteiger partial charge in [-0.05, 0) is 84.0 Å². The minimum Gasteiger partial charge on any atom is -0.506 e. The van der Waals surface area contributed by atoms with Gasteiger partial charge in [0.1, 0.15) is 28.0 Å². The number of amides is 1. The Labute approximate surface area is 224 Å². The van der Waals surface area contributed by atoms with E-state index in [-0.39, 0.29) is 11.7 Å². The number of fused-ring (bicyclic) bond motifs is 1. The molecular weight excluding hydrogens is 498 g/mol. The van der Waals surface area contributed by atoms with Gasteiger partial charge < -0.3 is 25.6 Å². The first-order valence-electron chi connectivity index (χ1n) is 10.8. The molecule has 2 heterocycles. The molecule has 0 radical (unpaired) electrons. The number of anilines is 2. The van der Waals surface area contributed by atoms with Gasteiger partial charge in [0.25, 0.3) is 5.91 Å². The van der Waals surface area contributed by atoms with Crippen LogP contribution in [0, 0.1) is 6.92 Å². The highest BCUT2D eigenvalue weighted by molar-refractivity contribution is 7.21. The second kappa shape index (κ2) is 15.6. The van der Waals surface area contributed by atoms with Crippen molar-refractivity contribution in [2.24, 2.45) is 0 Å². The standard InChI is InChI=1S/C17H17N3O3S.C13H6O/c1-9-7-10(8-23-2)13-14(18)15(24-17(13)19-9)16(22)20-11-5-3-4-6-12(11)21;1-3-5-7-8-9-10-11-13-14-12-6-4-2/h3-7,21H,8,18H2,1-2H3,(H,20,22);12-13H,1-2H2. The second-order valence-corrected chi connectivity index (χ2v) is 7.99. The van der Waals surface area contributed by atoms with Crippen LogP contribution >= 0.6 is 11.3 Å². The van der Waals surface area contributed by atoms with Gasteiger partial charge in [-0.2, -0.15) is 0 Å². The van der Waals surface area contributed by atoms with Crippen LogP contribution in [0.2, 0.25) is 0 Å². The van der Waals surface area contributed by atoms with Gasteiger partial charge in [-0.3, -0.25) is 4.79 Å². The van der Waals surface area contributed by atoms with Crippen molar-refractivity contribution >= 4 is 38.8 Å². The highest BCUT2D eigenvalue weighted by Gasteiger charge is 2.20. The number of para-hydroxylation sites is 2. The van der Waals surface area contributed by atoms with Gasteiger partial charge in [0.15, 0.2) is 0 Å². The van der Waals surface area contributed by atoms with Crippen LogP contribution in [-0.2, 0) is 16.1 Å². The number of thiophene rings is 1. The van der Waals surface area contributed by atoms with Gasteiger partial charge >= 0.3 is 0 Å². The summed E-state index contributed by atoms with van der Waals surface area (Å²) in [6.45, 7) is 8.85. The van der Waals surface area contributed by atoms with Gasteiger partial charge in [0.2, 0.25) is 0 Å². The third kappa shape index (κ3) is 8.71. The molecule has 1 aromatic carbocycles. The SMILES string of the molecule is C=C=C=C=C=C=C=C=COC=C=C=C.COCc1cc(C)nc2sc(C(=O)Nc3ccccc3O)c(N)c12. The molecule has 3 aromatic rings. The number of benzene rings is 1. The fourth-order valence-electron chi connectivity index (χ4n) is 2.88. The van der Waals surface area contributed by atoms with Crippen LogP contribution in [0.5, 0.6) is 5.75 Å². The largest absolute Gasteiger partial charge is 0.506 e. The van der Waals surface area contributed by atoms with Crippen LogP contribution in [0.3, 0.4) is 0 Å². The molecule has 0 saturated heterocycles. The first-order chi connectivity index (χ1) is 18.4. The number of aryl methyl sites for hydroxylation is 1. The average molecular weight is 522 g/mol. The van der Waals surface area contributed by atoms with Crippen molar-refractivity contribution in [1.29, 1.82) is 0 Å². The number of carbonyl (C=O) groups excluding carboxylic acids is 1. The van der Waals surface area contributed by atoms with Crippen LogP contribution in [0.25, 0.3) is 10.2 Å². The van der Waals surface area contributed by atoms with E-state index in [4.69, 9.17) is 15.2 Å². The van der Waals surface area contributed by atoms with E-state index in [1.807, 2.05) is 13.0 Å². The summed E-state index contributed by atoms with van der Waals surface area (Å²) < 4.78 is 9.95. The maximum absolute atomic E-state index is 12.6. The maximum Gasteiger partial charge on any atom is 0.268 e. The summed E-state index contributed by atoms with van der Waals surface area (Å²) in [5.41, 5.74) is 30.8. The van der Waals surface area contributed by atoms with Gasteiger partial charge in [-0.15, -0.1) is 11.3 Å². The van der Waals surface area contributed by atoms with Crippen LogP contribution in [0.4, 0.5) is 11.4 Å². The highest BCUT2D eigenvalue weighted by Crippen LogP contribution is 2.36. The number of aromatic hydroxyl groups is 1. The quantitative estimate of drug-likeness (QED) is 0.209. The predicted molar refractivity (Wildman–Crippen MR) is 149 cm³/mol. The van der Waals surface area contributed by atoms with Crippen molar-refractivity contribution in [2.75, 3.05) is 18.2 Å². The second-order valence-electron chi connectivity index (χ2n) is 6.99. The van der Waals surface area contributed by atoms with E-state index < -0.39 is 0 Å². The lowest BCUT2D eigenvalue weighted by Crippen LogP contribution is -2.12. The molecule has 0 bridgehead atoms. The Balaban J connectivity index is 0.000000312. The number of phenols is 1. The Hall–Kier alpha value is -5.34. The maximum atomic E-state index is 12.6. The number of methoxy groups -OCH3 is 1. The Morgan fingerprint density at radius 2 is 1.84 bits per heavy atom. The number of hydrogen-bond donors (Lipinski definition) is 3. The fourth-order valence-corrected chi connectivity index (χ4v) is 3.96. The number of pyridine rings is 1. The smallest absolute Gasteiger partial charge is 0.268 e. The molecule has 38 heavy (non-hydrogen) atoms. The molecule has 0 fully saturated rings. The molecule has 0 aliphatic rings. The molecule has 0 atom stereocenters. The molecule has 0 unspecified atom stereocenters.